The van der Waals surface area contributed by atoms with Crippen LogP contribution >= 0.6 is 46.4 Å². The van der Waals surface area contributed by atoms with Crippen molar-refractivity contribution < 1.29 is 14.4 Å². The first-order chi connectivity index (χ1) is 12.7. The van der Waals surface area contributed by atoms with E-state index < -0.39 is 21.3 Å². The molecule has 0 spiro atoms. The van der Waals surface area contributed by atoms with Gasteiger partial charge in [-0.3, -0.25) is 14.4 Å². The lowest BCUT2D eigenvalue weighted by Gasteiger charge is -2.23. The molecular formula is C18H10Cl4N2O3. The fraction of sp³-hybridized carbons (Fsp3) is 0.0556. The molecular weight excluding hydrogens is 434 g/mol. The zero-order valence-corrected chi connectivity index (χ0v) is 16.4. The number of benzene rings is 2. The standard InChI is InChI=1S/C18H10Cl4N2O3/c19-9-5-7-10(8-6-9)23-13-14(24-17(27)18(20,21)22)16(26)12-4-2-1-3-11(12)15(13)25/h1-8,23H,(H,24,27). The summed E-state index contributed by atoms with van der Waals surface area (Å²) >= 11 is 22.6. The minimum absolute atomic E-state index is 0.136. The van der Waals surface area contributed by atoms with Crippen molar-refractivity contribution in [3.8, 4) is 0 Å². The highest BCUT2D eigenvalue weighted by Crippen LogP contribution is 2.30. The summed E-state index contributed by atoms with van der Waals surface area (Å²) in [5.41, 5.74) is 0.388. The first kappa shape index (κ1) is 19.7. The van der Waals surface area contributed by atoms with Gasteiger partial charge in [0, 0.05) is 21.8 Å². The van der Waals surface area contributed by atoms with E-state index in [4.69, 9.17) is 46.4 Å². The maximum atomic E-state index is 12.9. The minimum Gasteiger partial charge on any atom is -0.350 e. The molecule has 9 heteroatoms. The van der Waals surface area contributed by atoms with Crippen LogP contribution in [0.15, 0.2) is 59.9 Å². The maximum Gasteiger partial charge on any atom is 0.276 e. The number of allylic oxidation sites excluding steroid dienone is 2. The van der Waals surface area contributed by atoms with Gasteiger partial charge in [0.2, 0.25) is 11.6 Å². The molecule has 2 aromatic rings. The van der Waals surface area contributed by atoms with E-state index >= 15 is 0 Å². The SMILES string of the molecule is O=C1C(NC(=O)C(Cl)(Cl)Cl)=C(Nc2ccc(Cl)cc2)C(=O)c2ccccc21. The van der Waals surface area contributed by atoms with Crippen molar-refractivity contribution in [1.82, 2.24) is 5.32 Å². The Labute approximate surface area is 174 Å². The van der Waals surface area contributed by atoms with Gasteiger partial charge in [0.15, 0.2) is 0 Å². The van der Waals surface area contributed by atoms with Gasteiger partial charge >= 0.3 is 0 Å². The minimum atomic E-state index is -2.31. The molecule has 2 N–H and O–H groups in total. The van der Waals surface area contributed by atoms with Crippen molar-refractivity contribution in [3.63, 3.8) is 0 Å². The number of halogens is 4. The number of fused-ring (bicyclic) bond motifs is 1. The van der Waals surface area contributed by atoms with Crippen LogP contribution in [0.3, 0.4) is 0 Å². The Bertz CT molecular complexity index is 979. The lowest BCUT2D eigenvalue weighted by molar-refractivity contribution is -0.119. The number of amides is 1. The van der Waals surface area contributed by atoms with Crippen molar-refractivity contribution in [2.45, 2.75) is 3.79 Å². The normalized spacial score (nSPS) is 14.1. The van der Waals surface area contributed by atoms with Crippen LogP contribution < -0.4 is 10.6 Å². The van der Waals surface area contributed by atoms with Gasteiger partial charge in [0.1, 0.15) is 11.4 Å². The topological polar surface area (TPSA) is 75.3 Å². The summed E-state index contributed by atoms with van der Waals surface area (Å²) in [4.78, 5) is 37.9. The molecule has 1 amide bonds. The number of anilines is 1. The number of Topliss-reactive ketones (excluding diaryl/α,β-unsaturated/α-hetero) is 2. The van der Waals surface area contributed by atoms with Gasteiger partial charge in [0.05, 0.1) is 0 Å². The molecule has 3 rings (SSSR count). The zero-order valence-electron chi connectivity index (χ0n) is 13.4. The summed E-state index contributed by atoms with van der Waals surface area (Å²) in [7, 11) is 0. The summed E-state index contributed by atoms with van der Waals surface area (Å²) in [5, 5.41) is 5.59. The van der Waals surface area contributed by atoms with Gasteiger partial charge in [-0.05, 0) is 24.3 Å². The third-order valence-electron chi connectivity index (χ3n) is 3.73. The monoisotopic (exact) mass is 442 g/mol. The zero-order chi connectivity index (χ0) is 19.8. The summed E-state index contributed by atoms with van der Waals surface area (Å²) in [6, 6.07) is 12.7. The molecule has 0 bridgehead atoms. The van der Waals surface area contributed by atoms with E-state index in [1.807, 2.05) is 0 Å². The molecule has 27 heavy (non-hydrogen) atoms. The van der Waals surface area contributed by atoms with Crippen LogP contribution in [0.1, 0.15) is 20.7 Å². The van der Waals surface area contributed by atoms with Crippen LogP contribution in [0.2, 0.25) is 5.02 Å². The Hall–Kier alpha value is -2.05. The number of carbonyl (C=O) groups is 3. The summed E-state index contributed by atoms with van der Waals surface area (Å²) in [6.45, 7) is 0. The van der Waals surface area contributed by atoms with Crippen molar-refractivity contribution in [2.24, 2.45) is 0 Å². The molecule has 1 aliphatic carbocycles. The van der Waals surface area contributed by atoms with E-state index in [1.165, 1.54) is 12.1 Å². The van der Waals surface area contributed by atoms with Crippen molar-refractivity contribution in [3.05, 3.63) is 76.1 Å². The number of hydrogen-bond acceptors (Lipinski definition) is 4. The van der Waals surface area contributed by atoms with Crippen LogP contribution in [0.5, 0.6) is 0 Å². The number of carbonyl (C=O) groups excluding carboxylic acids is 3. The van der Waals surface area contributed by atoms with Crippen molar-refractivity contribution >= 4 is 69.6 Å². The molecule has 0 heterocycles. The van der Waals surface area contributed by atoms with Crippen LogP contribution in [0.4, 0.5) is 5.69 Å². The fourth-order valence-corrected chi connectivity index (χ4v) is 2.74. The molecule has 2 aromatic carbocycles. The number of nitrogens with one attached hydrogen (secondary N) is 2. The smallest absolute Gasteiger partial charge is 0.276 e. The molecule has 0 unspecified atom stereocenters. The second-order valence-corrected chi connectivity index (χ2v) is 8.26. The summed E-state index contributed by atoms with van der Waals surface area (Å²) in [5.74, 6) is -2.12. The Morgan fingerprint density at radius 3 is 1.85 bits per heavy atom. The van der Waals surface area contributed by atoms with Crippen LogP contribution in [0.25, 0.3) is 0 Å². The highest BCUT2D eigenvalue weighted by molar-refractivity contribution is 6.76. The van der Waals surface area contributed by atoms with Gasteiger partial charge in [-0.2, -0.15) is 0 Å². The van der Waals surface area contributed by atoms with E-state index in [1.54, 1.807) is 36.4 Å². The predicted molar refractivity (Wildman–Crippen MR) is 106 cm³/mol. The van der Waals surface area contributed by atoms with Crippen LogP contribution in [-0.4, -0.2) is 21.3 Å². The Balaban J connectivity index is 2.09. The number of hydrogen-bond donors (Lipinski definition) is 2. The molecule has 0 fully saturated rings. The van der Waals surface area contributed by atoms with Crippen molar-refractivity contribution in [1.29, 1.82) is 0 Å². The van der Waals surface area contributed by atoms with Crippen molar-refractivity contribution in [2.75, 3.05) is 5.32 Å². The Morgan fingerprint density at radius 1 is 0.815 bits per heavy atom. The second kappa shape index (κ2) is 7.52. The van der Waals surface area contributed by atoms with Crippen LogP contribution in [-0.2, 0) is 4.79 Å². The molecule has 138 valence electrons. The lowest BCUT2D eigenvalue weighted by atomic mass is 9.90. The number of alkyl halides is 3. The highest BCUT2D eigenvalue weighted by atomic mass is 35.6. The third-order valence-corrected chi connectivity index (χ3v) is 4.50. The largest absolute Gasteiger partial charge is 0.350 e. The van der Waals surface area contributed by atoms with Crippen LogP contribution in [0, 0.1) is 0 Å². The van der Waals surface area contributed by atoms with E-state index in [2.05, 4.69) is 10.6 Å². The van der Waals surface area contributed by atoms with Gasteiger partial charge in [-0.1, -0.05) is 70.7 Å². The second-order valence-electron chi connectivity index (χ2n) is 5.54. The fourth-order valence-electron chi connectivity index (χ4n) is 2.48. The quantitative estimate of drug-likeness (QED) is 0.683. The molecule has 0 saturated heterocycles. The van der Waals surface area contributed by atoms with Gasteiger partial charge in [0.25, 0.3) is 9.70 Å². The molecule has 0 saturated carbocycles. The average molecular weight is 444 g/mol. The molecule has 1 aliphatic rings. The first-order valence-corrected chi connectivity index (χ1v) is 9.03. The van der Waals surface area contributed by atoms with Gasteiger partial charge in [-0.15, -0.1) is 0 Å². The number of ketones is 2. The first-order valence-electron chi connectivity index (χ1n) is 7.52. The Morgan fingerprint density at radius 2 is 1.33 bits per heavy atom. The third kappa shape index (κ3) is 4.12. The maximum absolute atomic E-state index is 12.9. The summed E-state index contributed by atoms with van der Waals surface area (Å²) in [6.07, 6.45) is 0. The van der Waals surface area contributed by atoms with Gasteiger partial charge in [-0.25, -0.2) is 0 Å². The highest BCUT2D eigenvalue weighted by Gasteiger charge is 2.37. The van der Waals surface area contributed by atoms with E-state index in [0.717, 1.165) is 0 Å². The molecule has 0 atom stereocenters. The molecule has 5 nitrogen and oxygen atoms in total. The molecule has 0 aromatic heterocycles. The van der Waals surface area contributed by atoms with E-state index in [9.17, 15) is 14.4 Å². The lowest BCUT2D eigenvalue weighted by Crippen LogP contribution is -2.40. The summed E-state index contributed by atoms with van der Waals surface area (Å²) < 4.78 is -2.31. The van der Waals surface area contributed by atoms with E-state index in [-0.39, 0.29) is 22.5 Å². The van der Waals surface area contributed by atoms with Gasteiger partial charge < -0.3 is 10.6 Å². The Kier molecular flexibility index (Phi) is 5.49. The average Bonchev–Trinajstić information content (AvgIpc) is 2.63. The predicted octanol–water partition coefficient (Wildman–Crippen LogP) is 4.53. The van der Waals surface area contributed by atoms with E-state index in [0.29, 0.717) is 10.7 Å². The molecule has 0 aliphatic heterocycles. The number of rotatable bonds is 3. The molecule has 0 radical (unpaired) electrons.